The molecule has 1 aromatic rings. The molecule has 0 bridgehead atoms. The molecule has 6 heteroatoms. The maximum atomic E-state index is 5.30. The van der Waals surface area contributed by atoms with Crippen molar-refractivity contribution in [2.45, 2.75) is 13.1 Å². The van der Waals surface area contributed by atoms with Gasteiger partial charge in [-0.15, -0.1) is 10.2 Å². The fourth-order valence-electron chi connectivity index (χ4n) is 0.581. The molecule has 0 atom stereocenters. The SMILES string of the molecule is NCc1nnnnc1CN. The van der Waals surface area contributed by atoms with E-state index in [9.17, 15) is 0 Å². The van der Waals surface area contributed by atoms with Gasteiger partial charge in [-0.1, -0.05) is 0 Å². The van der Waals surface area contributed by atoms with Gasteiger partial charge in [0.2, 0.25) is 0 Å². The Balaban J connectivity index is 2.96. The zero-order valence-corrected chi connectivity index (χ0v) is 5.36. The fraction of sp³-hybridized carbons (Fsp3) is 0.500. The predicted octanol–water partition coefficient (Wildman–Crippen LogP) is -1.82. The van der Waals surface area contributed by atoms with Gasteiger partial charge in [-0.25, -0.2) is 0 Å². The van der Waals surface area contributed by atoms with Gasteiger partial charge in [0.05, 0.1) is 0 Å². The van der Waals surface area contributed by atoms with E-state index in [0.717, 1.165) is 0 Å². The van der Waals surface area contributed by atoms with E-state index in [1.54, 1.807) is 0 Å². The van der Waals surface area contributed by atoms with Crippen molar-refractivity contribution in [3.05, 3.63) is 11.4 Å². The van der Waals surface area contributed by atoms with E-state index < -0.39 is 0 Å². The Bertz CT molecular complexity index is 188. The Labute approximate surface area is 57.6 Å². The van der Waals surface area contributed by atoms with Crippen LogP contribution in [0.25, 0.3) is 0 Å². The summed E-state index contributed by atoms with van der Waals surface area (Å²) in [6, 6.07) is 0. The van der Waals surface area contributed by atoms with Crippen LogP contribution in [0.5, 0.6) is 0 Å². The molecule has 0 aromatic carbocycles. The molecule has 0 unspecified atom stereocenters. The Kier molecular flexibility index (Phi) is 2.19. The summed E-state index contributed by atoms with van der Waals surface area (Å²) in [4.78, 5) is 0. The van der Waals surface area contributed by atoms with Gasteiger partial charge < -0.3 is 11.5 Å². The largest absolute Gasteiger partial charge is 0.325 e. The second-order valence-electron chi connectivity index (χ2n) is 1.68. The minimum atomic E-state index is 0.301. The van der Waals surface area contributed by atoms with Crippen molar-refractivity contribution < 1.29 is 0 Å². The standard InChI is InChI=1S/C4H8N6/c5-1-3-4(2-6)8-10-9-7-3/h1-2,5-6H2. The average Bonchev–Trinajstić information content (AvgIpc) is 2.04. The first kappa shape index (κ1) is 6.97. The molecule has 0 amide bonds. The fourth-order valence-corrected chi connectivity index (χ4v) is 0.581. The average molecular weight is 140 g/mol. The van der Waals surface area contributed by atoms with Crippen molar-refractivity contribution in [1.29, 1.82) is 0 Å². The van der Waals surface area contributed by atoms with Crippen LogP contribution in [0.4, 0.5) is 0 Å². The molecule has 1 heterocycles. The van der Waals surface area contributed by atoms with Gasteiger partial charge in [-0.3, -0.25) is 0 Å². The van der Waals surface area contributed by atoms with Crippen molar-refractivity contribution in [2.24, 2.45) is 11.5 Å². The Morgan fingerprint density at radius 2 is 1.30 bits per heavy atom. The van der Waals surface area contributed by atoms with Gasteiger partial charge in [0, 0.05) is 13.1 Å². The summed E-state index contributed by atoms with van der Waals surface area (Å²) in [5.41, 5.74) is 11.8. The Morgan fingerprint density at radius 1 is 0.900 bits per heavy atom. The third-order valence-electron chi connectivity index (χ3n) is 1.09. The van der Waals surface area contributed by atoms with Crippen LogP contribution in [0.2, 0.25) is 0 Å². The van der Waals surface area contributed by atoms with Crippen LogP contribution in [0.3, 0.4) is 0 Å². The Morgan fingerprint density at radius 3 is 1.60 bits per heavy atom. The summed E-state index contributed by atoms with van der Waals surface area (Å²) in [7, 11) is 0. The number of nitrogens with two attached hydrogens (primary N) is 2. The third-order valence-corrected chi connectivity index (χ3v) is 1.09. The number of rotatable bonds is 2. The van der Waals surface area contributed by atoms with E-state index >= 15 is 0 Å². The van der Waals surface area contributed by atoms with E-state index in [2.05, 4.69) is 20.6 Å². The van der Waals surface area contributed by atoms with Crippen molar-refractivity contribution in [1.82, 2.24) is 20.6 Å². The molecule has 0 saturated carbocycles. The van der Waals surface area contributed by atoms with Crippen LogP contribution in [0, 0.1) is 0 Å². The molecule has 54 valence electrons. The molecule has 0 saturated heterocycles. The van der Waals surface area contributed by atoms with Crippen molar-refractivity contribution in [2.75, 3.05) is 0 Å². The first-order valence-corrected chi connectivity index (χ1v) is 2.82. The van der Waals surface area contributed by atoms with E-state index in [4.69, 9.17) is 11.5 Å². The maximum Gasteiger partial charge on any atom is 0.103 e. The zero-order valence-electron chi connectivity index (χ0n) is 5.36. The van der Waals surface area contributed by atoms with Gasteiger partial charge in [-0.2, -0.15) is 0 Å². The first-order valence-electron chi connectivity index (χ1n) is 2.82. The lowest BCUT2D eigenvalue weighted by molar-refractivity contribution is 0.682. The van der Waals surface area contributed by atoms with Crippen LogP contribution in [0.15, 0.2) is 0 Å². The molecule has 0 aliphatic carbocycles. The van der Waals surface area contributed by atoms with Gasteiger partial charge in [-0.05, 0) is 10.4 Å². The summed E-state index contributed by atoms with van der Waals surface area (Å²) < 4.78 is 0. The molecule has 10 heavy (non-hydrogen) atoms. The van der Waals surface area contributed by atoms with Crippen molar-refractivity contribution in [3.63, 3.8) is 0 Å². The van der Waals surface area contributed by atoms with Gasteiger partial charge in [0.15, 0.2) is 0 Å². The van der Waals surface area contributed by atoms with Gasteiger partial charge in [0.25, 0.3) is 0 Å². The number of hydrogen-bond acceptors (Lipinski definition) is 6. The zero-order chi connectivity index (χ0) is 7.40. The van der Waals surface area contributed by atoms with Crippen LogP contribution in [0.1, 0.15) is 11.4 Å². The van der Waals surface area contributed by atoms with Gasteiger partial charge in [0.1, 0.15) is 11.4 Å². The molecule has 4 N–H and O–H groups in total. The summed E-state index contributed by atoms with van der Waals surface area (Å²) >= 11 is 0. The van der Waals surface area contributed by atoms with Crippen LogP contribution >= 0.6 is 0 Å². The molecule has 0 aliphatic rings. The second kappa shape index (κ2) is 3.14. The molecule has 1 aromatic heterocycles. The summed E-state index contributed by atoms with van der Waals surface area (Å²) in [5.74, 6) is 0. The lowest BCUT2D eigenvalue weighted by Crippen LogP contribution is -2.13. The molecular weight excluding hydrogens is 132 g/mol. The lowest BCUT2D eigenvalue weighted by atomic mass is 10.3. The smallest absolute Gasteiger partial charge is 0.103 e. The van der Waals surface area contributed by atoms with Crippen LogP contribution in [-0.4, -0.2) is 20.6 Å². The molecule has 0 fully saturated rings. The van der Waals surface area contributed by atoms with Gasteiger partial charge >= 0.3 is 0 Å². The van der Waals surface area contributed by atoms with Crippen molar-refractivity contribution >= 4 is 0 Å². The van der Waals surface area contributed by atoms with E-state index in [1.807, 2.05) is 0 Å². The molecule has 0 radical (unpaired) electrons. The summed E-state index contributed by atoms with van der Waals surface area (Å²) in [5, 5.41) is 13.9. The highest BCUT2D eigenvalue weighted by molar-refractivity contribution is 5.05. The van der Waals surface area contributed by atoms with E-state index in [1.165, 1.54) is 0 Å². The minimum Gasteiger partial charge on any atom is -0.325 e. The minimum absolute atomic E-state index is 0.301. The number of aromatic nitrogens is 4. The highest BCUT2D eigenvalue weighted by atomic mass is 15.4. The summed E-state index contributed by atoms with van der Waals surface area (Å²) in [6.07, 6.45) is 0. The van der Waals surface area contributed by atoms with Crippen LogP contribution in [-0.2, 0) is 13.1 Å². The van der Waals surface area contributed by atoms with E-state index in [0.29, 0.717) is 24.5 Å². The highest BCUT2D eigenvalue weighted by Gasteiger charge is 2.00. The van der Waals surface area contributed by atoms with Crippen LogP contribution < -0.4 is 11.5 Å². The molecule has 0 aliphatic heterocycles. The molecular formula is C4H8N6. The van der Waals surface area contributed by atoms with Crippen molar-refractivity contribution in [3.8, 4) is 0 Å². The highest BCUT2D eigenvalue weighted by Crippen LogP contribution is 1.94. The predicted molar refractivity (Wildman–Crippen MR) is 33.4 cm³/mol. The topological polar surface area (TPSA) is 104 Å². The van der Waals surface area contributed by atoms with E-state index in [-0.39, 0.29) is 0 Å². The quantitative estimate of drug-likeness (QED) is 0.501. The normalized spacial score (nSPS) is 9.80. The monoisotopic (exact) mass is 140 g/mol. The summed E-state index contributed by atoms with van der Waals surface area (Å²) in [6.45, 7) is 0.601. The first-order chi connectivity index (χ1) is 4.88. The third kappa shape index (κ3) is 1.23. The number of hydrogen-bond donors (Lipinski definition) is 2. The molecule has 6 nitrogen and oxygen atoms in total. The number of nitrogens with zero attached hydrogens (tertiary/aromatic N) is 4. The second-order valence-corrected chi connectivity index (χ2v) is 1.68. The lowest BCUT2D eigenvalue weighted by Gasteiger charge is -1.96. The maximum absolute atomic E-state index is 5.30. The molecule has 1 rings (SSSR count). The Hall–Kier alpha value is -1.14. The molecule has 0 spiro atoms.